The average Bonchev–Trinajstić information content (AvgIpc) is 3.01. The van der Waals surface area contributed by atoms with Gasteiger partial charge in [0.15, 0.2) is 0 Å². The highest BCUT2D eigenvalue weighted by molar-refractivity contribution is 6.21. The van der Waals surface area contributed by atoms with E-state index >= 15 is 0 Å². The van der Waals surface area contributed by atoms with Crippen molar-refractivity contribution in [3.63, 3.8) is 0 Å². The van der Waals surface area contributed by atoms with Crippen molar-refractivity contribution >= 4 is 40.2 Å². The minimum Gasteiger partial charge on any atom is -0.478 e. The molecule has 25 heavy (non-hydrogen) atoms. The molecule has 1 aromatic carbocycles. The molecule has 0 spiro atoms. The maximum Gasteiger partial charge on any atom is 0.336 e. The van der Waals surface area contributed by atoms with E-state index in [1.807, 2.05) is 6.07 Å². The van der Waals surface area contributed by atoms with Crippen LogP contribution in [0.25, 0.3) is 22.7 Å². The summed E-state index contributed by atoms with van der Waals surface area (Å²) in [5, 5.41) is 13.3. The highest BCUT2D eigenvalue weighted by Gasteiger charge is 2.12. The molecule has 0 saturated carbocycles. The van der Waals surface area contributed by atoms with Crippen LogP contribution in [0.4, 0.5) is 5.69 Å². The lowest BCUT2D eigenvalue weighted by atomic mass is 10.0. The Bertz CT molecular complexity index is 958. The Morgan fingerprint density at radius 1 is 1.24 bits per heavy atom. The van der Waals surface area contributed by atoms with Crippen molar-refractivity contribution in [2.75, 3.05) is 11.9 Å². The van der Waals surface area contributed by atoms with Crippen molar-refractivity contribution < 1.29 is 14.7 Å². The summed E-state index contributed by atoms with van der Waals surface area (Å²) in [5.74, 6) is -1.50. The number of carboxylic acids is 1. The first-order valence-electron chi connectivity index (χ1n) is 7.54. The number of H-pyrrole nitrogens is 1. The fourth-order valence-corrected chi connectivity index (χ4v) is 2.48. The molecule has 7 heteroatoms. The topological polar surface area (TPSA) is 121 Å². The summed E-state index contributed by atoms with van der Waals surface area (Å²) in [7, 11) is 0. The number of hydrogen-bond donors (Lipinski definition) is 4. The number of pyridine rings is 1. The van der Waals surface area contributed by atoms with Crippen LogP contribution in [0.2, 0.25) is 0 Å². The molecule has 0 bridgehead atoms. The summed E-state index contributed by atoms with van der Waals surface area (Å²) in [6.07, 6.45) is 5.00. The van der Waals surface area contributed by atoms with Gasteiger partial charge in [-0.3, -0.25) is 4.79 Å². The molecule has 0 unspecified atom stereocenters. The number of carboxylic acid groups (broad SMARTS) is 1. The molecule has 3 rings (SSSR count). The third-order valence-electron chi connectivity index (χ3n) is 3.68. The quantitative estimate of drug-likeness (QED) is 0.514. The van der Waals surface area contributed by atoms with E-state index in [2.05, 4.69) is 15.3 Å². The second-order valence-corrected chi connectivity index (χ2v) is 5.40. The summed E-state index contributed by atoms with van der Waals surface area (Å²) in [6.45, 7) is 0.0172. The highest BCUT2D eigenvalue weighted by Crippen LogP contribution is 2.24. The molecule has 0 radical (unpaired) electrons. The lowest BCUT2D eigenvalue weighted by molar-refractivity contribution is -0.130. The van der Waals surface area contributed by atoms with Gasteiger partial charge >= 0.3 is 5.97 Å². The van der Waals surface area contributed by atoms with E-state index in [0.717, 1.165) is 10.9 Å². The number of benzene rings is 1. The molecule has 2 heterocycles. The van der Waals surface area contributed by atoms with Gasteiger partial charge in [-0.2, -0.15) is 0 Å². The molecule has 0 fully saturated rings. The number of anilines is 1. The Kier molecular flexibility index (Phi) is 4.47. The van der Waals surface area contributed by atoms with Gasteiger partial charge in [-0.05, 0) is 35.9 Å². The molecular weight excluding hydrogens is 320 g/mol. The predicted molar refractivity (Wildman–Crippen MR) is 95.7 cm³/mol. The second kappa shape index (κ2) is 6.88. The van der Waals surface area contributed by atoms with Crippen molar-refractivity contribution in [1.82, 2.24) is 9.97 Å². The summed E-state index contributed by atoms with van der Waals surface area (Å²) < 4.78 is 0. The van der Waals surface area contributed by atoms with Gasteiger partial charge < -0.3 is 21.1 Å². The average molecular weight is 336 g/mol. The Morgan fingerprint density at radius 3 is 2.68 bits per heavy atom. The predicted octanol–water partition coefficient (Wildman–Crippen LogP) is 2.09. The standard InChI is InChI=1S/C18H16N4O3/c19-16(23)10-21-13-5-3-11(4-6-13)15(18(24)25)8-12-9-22-17-14(12)2-1-7-20-17/h1-9,21H,10H2,(H2,19,23)(H,20,22)(H,24,25)/b15-8-. The van der Waals surface area contributed by atoms with E-state index in [1.165, 1.54) is 0 Å². The largest absolute Gasteiger partial charge is 0.478 e. The van der Waals surface area contributed by atoms with Crippen LogP contribution in [0, 0.1) is 0 Å². The minimum absolute atomic E-state index is 0.0172. The number of nitrogens with two attached hydrogens (primary N) is 1. The third kappa shape index (κ3) is 3.66. The van der Waals surface area contributed by atoms with E-state index in [0.29, 0.717) is 16.9 Å². The number of primary amides is 1. The summed E-state index contributed by atoms with van der Waals surface area (Å²) in [4.78, 5) is 29.7. The fourth-order valence-electron chi connectivity index (χ4n) is 2.48. The number of aliphatic carboxylic acids is 1. The number of carbonyl (C=O) groups excluding carboxylic acids is 1. The van der Waals surface area contributed by atoms with Crippen LogP contribution in [0.15, 0.2) is 48.8 Å². The van der Waals surface area contributed by atoms with Crippen molar-refractivity contribution in [2.24, 2.45) is 5.73 Å². The number of rotatable bonds is 6. The van der Waals surface area contributed by atoms with Gasteiger partial charge in [0, 0.05) is 29.0 Å². The molecule has 2 aromatic heterocycles. The van der Waals surface area contributed by atoms with Crippen LogP contribution >= 0.6 is 0 Å². The zero-order valence-electron chi connectivity index (χ0n) is 13.2. The number of aromatic amines is 1. The SMILES string of the molecule is NC(=O)CNc1ccc(/C(=C/c2c[nH]c3ncccc23)C(=O)O)cc1. The molecule has 0 atom stereocenters. The number of carbonyl (C=O) groups is 2. The second-order valence-electron chi connectivity index (χ2n) is 5.40. The van der Waals surface area contributed by atoms with Crippen molar-refractivity contribution in [2.45, 2.75) is 0 Å². The minimum atomic E-state index is -1.03. The zero-order valence-corrected chi connectivity index (χ0v) is 13.2. The zero-order chi connectivity index (χ0) is 17.8. The van der Waals surface area contributed by atoms with Crippen LogP contribution in [0.5, 0.6) is 0 Å². The Balaban J connectivity index is 1.93. The van der Waals surface area contributed by atoms with E-state index in [9.17, 15) is 14.7 Å². The highest BCUT2D eigenvalue weighted by atomic mass is 16.4. The van der Waals surface area contributed by atoms with Crippen molar-refractivity contribution in [3.8, 4) is 0 Å². The van der Waals surface area contributed by atoms with Crippen LogP contribution < -0.4 is 11.1 Å². The monoisotopic (exact) mass is 336 g/mol. The molecule has 0 aliphatic carbocycles. The van der Waals surface area contributed by atoms with Gasteiger partial charge in [-0.1, -0.05) is 12.1 Å². The number of aromatic nitrogens is 2. The number of fused-ring (bicyclic) bond motifs is 1. The molecule has 0 saturated heterocycles. The fraction of sp³-hybridized carbons (Fsp3) is 0.0556. The molecule has 126 valence electrons. The van der Waals surface area contributed by atoms with Gasteiger partial charge in [0.1, 0.15) is 5.65 Å². The molecule has 3 aromatic rings. The first kappa shape index (κ1) is 16.3. The van der Waals surface area contributed by atoms with Crippen LogP contribution in [-0.2, 0) is 9.59 Å². The maximum atomic E-state index is 11.7. The molecular formula is C18H16N4O3. The molecule has 0 aliphatic rings. The Morgan fingerprint density at radius 2 is 2.00 bits per heavy atom. The maximum absolute atomic E-state index is 11.7. The summed E-state index contributed by atoms with van der Waals surface area (Å²) in [5.41, 5.74) is 7.92. The smallest absolute Gasteiger partial charge is 0.336 e. The van der Waals surface area contributed by atoms with Crippen LogP contribution in [0.3, 0.4) is 0 Å². The lowest BCUT2D eigenvalue weighted by Crippen LogP contribution is -2.21. The van der Waals surface area contributed by atoms with E-state index in [-0.39, 0.29) is 12.1 Å². The Labute approximate surface area is 143 Å². The lowest BCUT2D eigenvalue weighted by Gasteiger charge is -2.07. The van der Waals surface area contributed by atoms with Gasteiger partial charge in [0.25, 0.3) is 0 Å². The number of amides is 1. The molecule has 1 amide bonds. The molecule has 7 nitrogen and oxygen atoms in total. The number of nitrogens with one attached hydrogen (secondary N) is 2. The Hall–Kier alpha value is -3.61. The summed E-state index contributed by atoms with van der Waals surface area (Å²) in [6, 6.07) is 10.4. The number of hydrogen-bond acceptors (Lipinski definition) is 4. The normalized spacial score (nSPS) is 11.4. The number of nitrogens with zero attached hydrogens (tertiary/aromatic N) is 1. The van der Waals surface area contributed by atoms with Gasteiger partial charge in [-0.25, -0.2) is 9.78 Å². The first-order valence-corrected chi connectivity index (χ1v) is 7.54. The van der Waals surface area contributed by atoms with E-state index < -0.39 is 11.9 Å². The molecule has 5 N–H and O–H groups in total. The third-order valence-corrected chi connectivity index (χ3v) is 3.68. The van der Waals surface area contributed by atoms with E-state index in [4.69, 9.17) is 5.73 Å². The summed E-state index contributed by atoms with van der Waals surface area (Å²) >= 11 is 0. The van der Waals surface area contributed by atoms with E-state index in [1.54, 1.807) is 48.8 Å². The van der Waals surface area contributed by atoms with Gasteiger partial charge in [-0.15, -0.1) is 0 Å². The van der Waals surface area contributed by atoms with Crippen LogP contribution in [-0.4, -0.2) is 33.5 Å². The van der Waals surface area contributed by atoms with Gasteiger partial charge in [0.05, 0.1) is 12.1 Å². The van der Waals surface area contributed by atoms with Gasteiger partial charge in [0.2, 0.25) is 5.91 Å². The first-order chi connectivity index (χ1) is 12.0. The van der Waals surface area contributed by atoms with Crippen molar-refractivity contribution in [1.29, 1.82) is 0 Å². The molecule has 0 aliphatic heterocycles. The van der Waals surface area contributed by atoms with Crippen molar-refractivity contribution in [3.05, 3.63) is 59.9 Å². The van der Waals surface area contributed by atoms with Crippen LogP contribution in [0.1, 0.15) is 11.1 Å².